The zero-order chi connectivity index (χ0) is 19.8. The van der Waals surface area contributed by atoms with Crippen LogP contribution in [0.4, 0.5) is 0 Å². The Labute approximate surface area is 160 Å². The van der Waals surface area contributed by atoms with Crippen molar-refractivity contribution in [2.24, 2.45) is 0 Å². The summed E-state index contributed by atoms with van der Waals surface area (Å²) in [6, 6.07) is 12.6. The number of nitrogens with one attached hydrogen (secondary N) is 1. The van der Waals surface area contributed by atoms with E-state index in [-0.39, 0.29) is 25.0 Å². The lowest BCUT2D eigenvalue weighted by Gasteiger charge is -2.17. The molecule has 0 saturated carbocycles. The summed E-state index contributed by atoms with van der Waals surface area (Å²) in [6.07, 6.45) is -0.631. The molecule has 6 nitrogen and oxygen atoms in total. The summed E-state index contributed by atoms with van der Waals surface area (Å²) in [7, 11) is 3.08. The van der Waals surface area contributed by atoms with Crippen molar-refractivity contribution in [2.75, 3.05) is 20.8 Å². The first-order valence-electron chi connectivity index (χ1n) is 8.85. The fourth-order valence-electron chi connectivity index (χ4n) is 2.67. The smallest absolute Gasteiger partial charge is 0.224 e. The number of hydrogen-bond acceptors (Lipinski definition) is 5. The highest BCUT2D eigenvalue weighted by Gasteiger charge is 2.16. The standard InChI is InChI=1S/C21H27NO5/c1-14(2)27-17-7-5-6-15(10-17)11-21(24)22-13-19(23)18-12-16(25-3)8-9-20(18)26-4/h5-10,12,14,19,23H,11,13H2,1-4H3,(H,22,24). The minimum Gasteiger partial charge on any atom is -0.497 e. The van der Waals surface area contributed by atoms with E-state index >= 15 is 0 Å². The van der Waals surface area contributed by atoms with Gasteiger partial charge in [0, 0.05) is 12.1 Å². The Morgan fingerprint density at radius 3 is 2.52 bits per heavy atom. The maximum atomic E-state index is 12.2. The summed E-state index contributed by atoms with van der Waals surface area (Å²) in [4.78, 5) is 12.2. The summed E-state index contributed by atoms with van der Waals surface area (Å²) in [5.74, 6) is 1.70. The first-order chi connectivity index (χ1) is 12.9. The third kappa shape index (κ3) is 6.18. The minimum absolute atomic E-state index is 0.0714. The van der Waals surface area contributed by atoms with Crippen LogP contribution in [-0.4, -0.2) is 37.9 Å². The number of benzene rings is 2. The molecule has 0 radical (unpaired) electrons. The average molecular weight is 373 g/mol. The number of aliphatic hydroxyl groups is 1. The molecule has 2 N–H and O–H groups in total. The Bertz CT molecular complexity index is 760. The second kappa shape index (κ2) is 9.83. The van der Waals surface area contributed by atoms with Gasteiger partial charge >= 0.3 is 0 Å². The van der Waals surface area contributed by atoms with Crippen LogP contribution < -0.4 is 19.5 Å². The molecule has 1 unspecified atom stereocenters. The molecule has 0 saturated heterocycles. The zero-order valence-corrected chi connectivity index (χ0v) is 16.2. The molecule has 0 aliphatic carbocycles. The monoisotopic (exact) mass is 373 g/mol. The van der Waals surface area contributed by atoms with Crippen LogP contribution in [0.2, 0.25) is 0 Å². The highest BCUT2D eigenvalue weighted by Crippen LogP contribution is 2.29. The van der Waals surface area contributed by atoms with Gasteiger partial charge in [-0.05, 0) is 49.7 Å². The summed E-state index contributed by atoms with van der Waals surface area (Å²) in [5.41, 5.74) is 1.41. The molecule has 6 heteroatoms. The van der Waals surface area contributed by atoms with Gasteiger partial charge in [0.15, 0.2) is 0 Å². The Morgan fingerprint density at radius 2 is 1.85 bits per heavy atom. The third-order valence-electron chi connectivity index (χ3n) is 3.92. The summed E-state index contributed by atoms with van der Waals surface area (Å²) in [6.45, 7) is 3.98. The predicted octanol–water partition coefficient (Wildman–Crippen LogP) is 2.88. The van der Waals surface area contributed by atoms with Gasteiger partial charge in [-0.1, -0.05) is 12.1 Å². The molecule has 0 fully saturated rings. The lowest BCUT2D eigenvalue weighted by atomic mass is 10.1. The van der Waals surface area contributed by atoms with Crippen molar-refractivity contribution in [3.8, 4) is 17.2 Å². The molecule has 0 spiro atoms. The zero-order valence-electron chi connectivity index (χ0n) is 16.2. The molecule has 2 aromatic rings. The quantitative estimate of drug-likeness (QED) is 0.707. The van der Waals surface area contributed by atoms with Crippen molar-refractivity contribution < 1.29 is 24.1 Å². The first kappa shape index (κ1) is 20.6. The van der Waals surface area contributed by atoms with E-state index in [1.807, 2.05) is 38.1 Å². The van der Waals surface area contributed by atoms with Crippen LogP contribution in [0.3, 0.4) is 0 Å². The Balaban J connectivity index is 1.95. The van der Waals surface area contributed by atoms with Gasteiger partial charge in [-0.2, -0.15) is 0 Å². The Morgan fingerprint density at radius 1 is 1.07 bits per heavy atom. The summed E-state index contributed by atoms with van der Waals surface area (Å²) >= 11 is 0. The molecule has 2 aromatic carbocycles. The van der Waals surface area contributed by atoms with Gasteiger partial charge in [0.25, 0.3) is 0 Å². The van der Waals surface area contributed by atoms with Crippen molar-refractivity contribution in [2.45, 2.75) is 32.5 Å². The molecule has 1 amide bonds. The molecule has 27 heavy (non-hydrogen) atoms. The van der Waals surface area contributed by atoms with Crippen molar-refractivity contribution >= 4 is 5.91 Å². The van der Waals surface area contributed by atoms with E-state index in [1.165, 1.54) is 7.11 Å². The van der Waals surface area contributed by atoms with Crippen molar-refractivity contribution in [1.29, 1.82) is 0 Å². The van der Waals surface area contributed by atoms with E-state index in [0.29, 0.717) is 17.1 Å². The van der Waals surface area contributed by atoms with E-state index in [0.717, 1.165) is 11.3 Å². The lowest BCUT2D eigenvalue weighted by molar-refractivity contribution is -0.120. The van der Waals surface area contributed by atoms with Crippen LogP contribution in [0.5, 0.6) is 17.2 Å². The number of ether oxygens (including phenoxy) is 3. The van der Waals surface area contributed by atoms with E-state index in [2.05, 4.69) is 5.32 Å². The molecule has 0 aliphatic heterocycles. The molecular formula is C21H27NO5. The van der Waals surface area contributed by atoms with Gasteiger partial charge < -0.3 is 24.6 Å². The SMILES string of the molecule is COc1ccc(OC)c(C(O)CNC(=O)Cc2cccc(OC(C)C)c2)c1. The van der Waals surface area contributed by atoms with Gasteiger partial charge in [0.2, 0.25) is 5.91 Å². The second-order valence-corrected chi connectivity index (χ2v) is 6.42. The molecule has 0 aliphatic rings. The Kier molecular flexibility index (Phi) is 7.49. The van der Waals surface area contributed by atoms with Crippen molar-refractivity contribution in [3.05, 3.63) is 53.6 Å². The van der Waals surface area contributed by atoms with Crippen molar-refractivity contribution in [3.63, 3.8) is 0 Å². The fourth-order valence-corrected chi connectivity index (χ4v) is 2.67. The number of rotatable bonds is 9. The van der Waals surface area contributed by atoms with Gasteiger partial charge in [-0.25, -0.2) is 0 Å². The van der Waals surface area contributed by atoms with Gasteiger partial charge in [-0.15, -0.1) is 0 Å². The highest BCUT2D eigenvalue weighted by molar-refractivity contribution is 5.78. The lowest BCUT2D eigenvalue weighted by Crippen LogP contribution is -2.29. The molecule has 146 valence electrons. The number of methoxy groups -OCH3 is 2. The molecular weight excluding hydrogens is 346 g/mol. The normalized spacial score (nSPS) is 11.8. The first-order valence-corrected chi connectivity index (χ1v) is 8.85. The molecule has 0 heterocycles. The molecule has 1 atom stereocenters. The van der Waals surface area contributed by atoms with Crippen LogP contribution in [0, 0.1) is 0 Å². The van der Waals surface area contributed by atoms with Crippen LogP contribution in [0.15, 0.2) is 42.5 Å². The number of carbonyl (C=O) groups excluding carboxylic acids is 1. The van der Waals surface area contributed by atoms with E-state index in [4.69, 9.17) is 14.2 Å². The average Bonchev–Trinajstić information content (AvgIpc) is 2.65. The van der Waals surface area contributed by atoms with Crippen LogP contribution >= 0.6 is 0 Å². The molecule has 0 bridgehead atoms. The van der Waals surface area contributed by atoms with E-state index in [9.17, 15) is 9.90 Å². The maximum absolute atomic E-state index is 12.2. The topological polar surface area (TPSA) is 77.0 Å². The third-order valence-corrected chi connectivity index (χ3v) is 3.92. The second-order valence-electron chi connectivity index (χ2n) is 6.42. The summed E-state index contributed by atoms with van der Waals surface area (Å²) < 4.78 is 16.1. The Hall–Kier alpha value is -2.73. The number of amides is 1. The van der Waals surface area contributed by atoms with Crippen LogP contribution in [0.25, 0.3) is 0 Å². The van der Waals surface area contributed by atoms with Crippen LogP contribution in [0.1, 0.15) is 31.1 Å². The number of hydrogen-bond donors (Lipinski definition) is 2. The van der Waals surface area contributed by atoms with Crippen LogP contribution in [-0.2, 0) is 11.2 Å². The fraction of sp³-hybridized carbons (Fsp3) is 0.381. The highest BCUT2D eigenvalue weighted by atomic mass is 16.5. The minimum atomic E-state index is -0.908. The van der Waals surface area contributed by atoms with Gasteiger partial charge in [-0.3, -0.25) is 4.79 Å². The van der Waals surface area contributed by atoms with Gasteiger partial charge in [0.05, 0.1) is 32.8 Å². The maximum Gasteiger partial charge on any atom is 0.224 e. The number of carbonyl (C=O) groups is 1. The predicted molar refractivity (Wildman–Crippen MR) is 103 cm³/mol. The number of aliphatic hydroxyl groups excluding tert-OH is 1. The van der Waals surface area contributed by atoms with E-state index in [1.54, 1.807) is 25.3 Å². The van der Waals surface area contributed by atoms with E-state index < -0.39 is 6.10 Å². The molecule has 2 rings (SSSR count). The largest absolute Gasteiger partial charge is 0.497 e. The van der Waals surface area contributed by atoms with Gasteiger partial charge in [0.1, 0.15) is 17.2 Å². The summed E-state index contributed by atoms with van der Waals surface area (Å²) in [5, 5.41) is 13.2. The van der Waals surface area contributed by atoms with Crippen molar-refractivity contribution in [1.82, 2.24) is 5.32 Å². The molecule has 0 aromatic heterocycles.